The second-order valence-electron chi connectivity index (χ2n) is 6.18. The third-order valence-corrected chi connectivity index (χ3v) is 3.93. The molecule has 1 aromatic heterocycles. The van der Waals surface area contributed by atoms with E-state index in [1.807, 2.05) is 6.07 Å². The molecule has 0 fully saturated rings. The van der Waals surface area contributed by atoms with Crippen molar-refractivity contribution in [2.24, 2.45) is 0 Å². The monoisotopic (exact) mass is 392 g/mol. The second-order valence-corrected chi connectivity index (χ2v) is 6.18. The van der Waals surface area contributed by atoms with E-state index in [1.54, 1.807) is 67.6 Å². The Morgan fingerprint density at radius 3 is 2.00 bits per heavy atom. The summed E-state index contributed by atoms with van der Waals surface area (Å²) in [5.41, 5.74) is 1.71. The number of amides is 4. The van der Waals surface area contributed by atoms with Gasteiger partial charge >= 0.3 is 6.03 Å². The normalized spacial score (nSPS) is 11.2. The van der Waals surface area contributed by atoms with Gasteiger partial charge < -0.3 is 25.7 Å². The molecule has 8 nitrogen and oxygen atoms in total. The van der Waals surface area contributed by atoms with Crippen LogP contribution in [0.3, 0.4) is 0 Å². The van der Waals surface area contributed by atoms with Crippen LogP contribution < -0.4 is 21.3 Å². The molecule has 0 aliphatic rings. The van der Waals surface area contributed by atoms with Crippen molar-refractivity contribution in [3.63, 3.8) is 0 Å². The molecule has 0 radical (unpaired) electrons. The van der Waals surface area contributed by atoms with E-state index < -0.39 is 12.1 Å². The highest BCUT2D eigenvalue weighted by atomic mass is 16.3. The van der Waals surface area contributed by atoms with Gasteiger partial charge in [-0.1, -0.05) is 18.2 Å². The minimum absolute atomic E-state index is 0.205. The molecule has 148 valence electrons. The van der Waals surface area contributed by atoms with Crippen LogP contribution in [0.4, 0.5) is 21.9 Å². The summed E-state index contributed by atoms with van der Waals surface area (Å²) in [6, 6.07) is 17.5. The molecule has 0 saturated heterocycles. The van der Waals surface area contributed by atoms with E-state index in [9.17, 15) is 14.4 Å². The molecule has 0 saturated carbocycles. The summed E-state index contributed by atoms with van der Waals surface area (Å²) in [5.74, 6) is -0.536. The van der Waals surface area contributed by atoms with E-state index in [0.717, 1.165) is 0 Å². The van der Waals surface area contributed by atoms with Crippen LogP contribution in [0, 0.1) is 0 Å². The van der Waals surface area contributed by atoms with Gasteiger partial charge in [-0.2, -0.15) is 0 Å². The van der Waals surface area contributed by atoms with Crippen LogP contribution in [-0.2, 0) is 4.79 Å². The van der Waals surface area contributed by atoms with Gasteiger partial charge in [0.2, 0.25) is 5.91 Å². The number of benzene rings is 2. The van der Waals surface area contributed by atoms with Crippen LogP contribution in [0.1, 0.15) is 17.5 Å². The Morgan fingerprint density at radius 1 is 0.759 bits per heavy atom. The number of hydrogen-bond acceptors (Lipinski definition) is 4. The first-order valence-corrected chi connectivity index (χ1v) is 8.89. The average Bonchev–Trinajstić information content (AvgIpc) is 3.25. The van der Waals surface area contributed by atoms with Crippen molar-refractivity contribution in [3.8, 4) is 0 Å². The van der Waals surface area contributed by atoms with Gasteiger partial charge in [0.15, 0.2) is 5.76 Å². The van der Waals surface area contributed by atoms with Gasteiger partial charge in [-0.25, -0.2) is 4.79 Å². The fourth-order valence-electron chi connectivity index (χ4n) is 2.44. The summed E-state index contributed by atoms with van der Waals surface area (Å²) in [6.07, 6.45) is 1.42. The van der Waals surface area contributed by atoms with Gasteiger partial charge in [0.1, 0.15) is 6.04 Å². The number of nitrogens with one attached hydrogen (secondary N) is 4. The number of anilines is 3. The third kappa shape index (κ3) is 5.70. The van der Waals surface area contributed by atoms with Gasteiger partial charge in [0.25, 0.3) is 5.91 Å². The zero-order valence-electron chi connectivity index (χ0n) is 15.6. The van der Waals surface area contributed by atoms with E-state index in [-0.39, 0.29) is 17.6 Å². The lowest BCUT2D eigenvalue weighted by molar-refractivity contribution is -0.117. The minimum Gasteiger partial charge on any atom is -0.459 e. The fourth-order valence-corrected chi connectivity index (χ4v) is 2.44. The Balaban J connectivity index is 1.49. The van der Waals surface area contributed by atoms with Crippen molar-refractivity contribution in [2.45, 2.75) is 13.0 Å². The maximum atomic E-state index is 12.3. The van der Waals surface area contributed by atoms with Crippen molar-refractivity contribution >= 4 is 34.9 Å². The van der Waals surface area contributed by atoms with Crippen molar-refractivity contribution < 1.29 is 18.8 Å². The highest BCUT2D eigenvalue weighted by Gasteiger charge is 2.16. The number of carbonyl (C=O) groups is 3. The number of carbonyl (C=O) groups excluding carboxylic acids is 3. The molecular formula is C21H20N4O4. The predicted molar refractivity (Wildman–Crippen MR) is 110 cm³/mol. The van der Waals surface area contributed by atoms with Crippen LogP contribution in [0.15, 0.2) is 77.4 Å². The smallest absolute Gasteiger partial charge is 0.319 e. The van der Waals surface area contributed by atoms with Crippen LogP contribution in [0.25, 0.3) is 0 Å². The zero-order valence-corrected chi connectivity index (χ0v) is 15.6. The van der Waals surface area contributed by atoms with E-state index in [2.05, 4.69) is 21.3 Å². The first-order valence-electron chi connectivity index (χ1n) is 8.89. The fraction of sp³-hybridized carbons (Fsp3) is 0.0952. The summed E-state index contributed by atoms with van der Waals surface area (Å²) in [6.45, 7) is 1.58. The van der Waals surface area contributed by atoms with Gasteiger partial charge in [0.05, 0.1) is 6.26 Å². The van der Waals surface area contributed by atoms with Gasteiger partial charge in [-0.15, -0.1) is 0 Å². The molecule has 1 atom stereocenters. The molecule has 3 aromatic rings. The molecular weight excluding hydrogens is 372 g/mol. The highest BCUT2D eigenvalue weighted by Crippen LogP contribution is 2.15. The van der Waals surface area contributed by atoms with E-state index >= 15 is 0 Å². The molecule has 4 N–H and O–H groups in total. The zero-order chi connectivity index (χ0) is 20.6. The summed E-state index contributed by atoms with van der Waals surface area (Å²) < 4.78 is 5.03. The van der Waals surface area contributed by atoms with Gasteiger partial charge in [0, 0.05) is 17.1 Å². The molecule has 0 aliphatic heterocycles. The third-order valence-electron chi connectivity index (χ3n) is 3.93. The summed E-state index contributed by atoms with van der Waals surface area (Å²) in [7, 11) is 0. The topological polar surface area (TPSA) is 112 Å². The molecule has 2 aromatic carbocycles. The van der Waals surface area contributed by atoms with Crippen molar-refractivity contribution in [3.05, 3.63) is 78.8 Å². The summed E-state index contributed by atoms with van der Waals surface area (Å²) in [5, 5.41) is 10.6. The van der Waals surface area contributed by atoms with Crippen LogP contribution in [-0.4, -0.2) is 23.9 Å². The SMILES string of the molecule is CC(NC(=O)Nc1ccccc1)C(=O)Nc1ccc(NC(=O)c2ccco2)cc1. The predicted octanol–water partition coefficient (Wildman–Crippen LogP) is 3.68. The number of urea groups is 1. The number of rotatable bonds is 6. The molecule has 0 aliphatic carbocycles. The Hall–Kier alpha value is -4.07. The molecule has 1 heterocycles. The van der Waals surface area contributed by atoms with E-state index in [1.165, 1.54) is 6.26 Å². The molecule has 3 rings (SSSR count). The average molecular weight is 392 g/mol. The number of hydrogen-bond donors (Lipinski definition) is 4. The first kappa shape index (κ1) is 19.7. The van der Waals surface area contributed by atoms with Crippen molar-refractivity contribution in [2.75, 3.05) is 16.0 Å². The highest BCUT2D eigenvalue weighted by molar-refractivity contribution is 6.02. The number of para-hydroxylation sites is 1. The summed E-state index contributed by atoms with van der Waals surface area (Å²) in [4.78, 5) is 36.2. The second kappa shape index (κ2) is 9.23. The van der Waals surface area contributed by atoms with E-state index in [0.29, 0.717) is 17.1 Å². The molecule has 4 amide bonds. The molecule has 8 heteroatoms. The molecule has 29 heavy (non-hydrogen) atoms. The van der Waals surface area contributed by atoms with Gasteiger partial charge in [-0.3, -0.25) is 9.59 Å². The van der Waals surface area contributed by atoms with E-state index in [4.69, 9.17) is 4.42 Å². The summed E-state index contributed by atoms with van der Waals surface area (Å²) >= 11 is 0. The van der Waals surface area contributed by atoms with Gasteiger partial charge in [-0.05, 0) is 55.5 Å². The lowest BCUT2D eigenvalue weighted by atomic mass is 10.2. The minimum atomic E-state index is -0.753. The first-order chi connectivity index (χ1) is 14.0. The molecule has 0 spiro atoms. The van der Waals surface area contributed by atoms with Crippen LogP contribution in [0.5, 0.6) is 0 Å². The molecule has 1 unspecified atom stereocenters. The quantitative estimate of drug-likeness (QED) is 0.512. The Labute approximate surface area is 167 Å². The number of furan rings is 1. The molecule has 0 bridgehead atoms. The Morgan fingerprint density at radius 2 is 1.38 bits per heavy atom. The lowest BCUT2D eigenvalue weighted by Gasteiger charge is -2.15. The largest absolute Gasteiger partial charge is 0.459 e. The lowest BCUT2D eigenvalue weighted by Crippen LogP contribution is -2.43. The van der Waals surface area contributed by atoms with Crippen molar-refractivity contribution in [1.82, 2.24) is 5.32 Å². The maximum absolute atomic E-state index is 12.3. The van der Waals surface area contributed by atoms with Crippen LogP contribution >= 0.6 is 0 Å². The Bertz CT molecular complexity index is 970. The Kier molecular flexibility index (Phi) is 6.26. The van der Waals surface area contributed by atoms with Crippen molar-refractivity contribution in [1.29, 1.82) is 0 Å². The maximum Gasteiger partial charge on any atom is 0.319 e. The van der Waals surface area contributed by atoms with Crippen LogP contribution in [0.2, 0.25) is 0 Å². The standard InChI is InChI=1S/C21H20N4O4/c1-14(22-21(28)25-15-6-3-2-4-7-15)19(26)23-16-9-11-17(12-10-16)24-20(27)18-8-5-13-29-18/h2-14H,1H3,(H,23,26)(H,24,27)(H2,22,25,28).